The van der Waals surface area contributed by atoms with E-state index >= 15 is 0 Å². The predicted octanol–water partition coefficient (Wildman–Crippen LogP) is 6.73. The molecule has 1 aliphatic rings. The van der Waals surface area contributed by atoms with E-state index in [4.69, 9.17) is 0 Å². The van der Waals surface area contributed by atoms with Crippen LogP contribution in [-0.2, 0) is 10.2 Å². The van der Waals surface area contributed by atoms with Gasteiger partial charge in [-0.2, -0.15) is 0 Å². The number of Topliss-reactive ketones (excluding diaryl/α,β-unsaturated/α-hetero) is 1. The third kappa shape index (κ3) is 6.62. The normalized spacial score (nSPS) is 14.9. The minimum absolute atomic E-state index is 0.0676. The number of hydrogen-bond donors (Lipinski definition) is 1. The molecule has 1 aliphatic carbocycles. The Morgan fingerprint density at radius 3 is 2.26 bits per heavy atom. The van der Waals surface area contributed by atoms with Crippen LogP contribution >= 0.6 is 0 Å². The zero-order chi connectivity index (χ0) is 28.2. The lowest BCUT2D eigenvalue weighted by Gasteiger charge is -2.34. The maximum absolute atomic E-state index is 14.3. The van der Waals surface area contributed by atoms with Crippen LogP contribution < -0.4 is 10.2 Å². The number of nitrogens with one attached hydrogen (secondary N) is 1. The minimum atomic E-state index is -0.935. The molecule has 1 N–H and O–H groups in total. The first-order chi connectivity index (χ1) is 18.6. The topological polar surface area (TPSA) is 79.4 Å². The SMILES string of the molecule is CC(=O)c1cc(C(=O)N(c2ccc(C(C)(C)C)cc2)C(C(=O)NC2CCCCC2)c2cccnc2)ccc1C. The number of rotatable bonds is 7. The van der Waals surface area contributed by atoms with Crippen molar-refractivity contribution in [2.45, 2.75) is 84.2 Å². The van der Waals surface area contributed by atoms with Crippen molar-refractivity contribution in [3.05, 3.63) is 94.8 Å². The summed E-state index contributed by atoms with van der Waals surface area (Å²) < 4.78 is 0. The van der Waals surface area contributed by atoms with Crippen LogP contribution in [0.4, 0.5) is 5.69 Å². The van der Waals surface area contributed by atoms with E-state index in [9.17, 15) is 14.4 Å². The zero-order valence-electron chi connectivity index (χ0n) is 23.7. The smallest absolute Gasteiger partial charge is 0.259 e. The van der Waals surface area contributed by atoms with Gasteiger partial charge in [0.25, 0.3) is 5.91 Å². The number of carbonyl (C=O) groups excluding carboxylic acids is 3. The second-order valence-electron chi connectivity index (χ2n) is 11.6. The van der Waals surface area contributed by atoms with Crippen LogP contribution in [0.5, 0.6) is 0 Å². The van der Waals surface area contributed by atoms with Gasteiger partial charge in [0.05, 0.1) is 0 Å². The Morgan fingerprint density at radius 1 is 0.974 bits per heavy atom. The second-order valence-corrected chi connectivity index (χ2v) is 11.6. The highest BCUT2D eigenvalue weighted by atomic mass is 16.2. The summed E-state index contributed by atoms with van der Waals surface area (Å²) in [7, 11) is 0. The minimum Gasteiger partial charge on any atom is -0.351 e. The first kappa shape index (κ1) is 28.2. The molecule has 39 heavy (non-hydrogen) atoms. The van der Waals surface area contributed by atoms with E-state index in [1.165, 1.54) is 13.3 Å². The molecule has 1 saturated carbocycles. The number of carbonyl (C=O) groups is 3. The summed E-state index contributed by atoms with van der Waals surface area (Å²) in [6.07, 6.45) is 8.50. The molecule has 0 radical (unpaired) electrons. The van der Waals surface area contributed by atoms with Crippen LogP contribution in [0, 0.1) is 6.92 Å². The van der Waals surface area contributed by atoms with Gasteiger partial charge in [0.15, 0.2) is 5.78 Å². The Morgan fingerprint density at radius 2 is 1.67 bits per heavy atom. The maximum atomic E-state index is 14.3. The Hall–Kier alpha value is -3.80. The summed E-state index contributed by atoms with van der Waals surface area (Å²) in [6, 6.07) is 15.7. The molecule has 3 aromatic rings. The molecule has 0 aliphatic heterocycles. The predicted molar refractivity (Wildman–Crippen MR) is 155 cm³/mol. The summed E-state index contributed by atoms with van der Waals surface area (Å²) in [5, 5.41) is 3.23. The van der Waals surface area contributed by atoms with E-state index in [0.717, 1.165) is 36.8 Å². The summed E-state index contributed by atoms with van der Waals surface area (Å²) in [4.78, 5) is 46.5. The highest BCUT2D eigenvalue weighted by Crippen LogP contribution is 2.33. The molecule has 1 heterocycles. The van der Waals surface area contributed by atoms with E-state index < -0.39 is 6.04 Å². The Kier molecular flexibility index (Phi) is 8.63. The maximum Gasteiger partial charge on any atom is 0.259 e. The van der Waals surface area contributed by atoms with Crippen LogP contribution in [-0.4, -0.2) is 28.6 Å². The second kappa shape index (κ2) is 11.9. The van der Waals surface area contributed by atoms with Crippen molar-refractivity contribution in [3.8, 4) is 0 Å². The molecule has 6 heteroatoms. The molecule has 2 amide bonds. The number of hydrogen-bond acceptors (Lipinski definition) is 4. The Balaban J connectivity index is 1.84. The van der Waals surface area contributed by atoms with Gasteiger partial charge in [-0.3, -0.25) is 24.3 Å². The van der Waals surface area contributed by atoms with Crippen molar-refractivity contribution in [2.24, 2.45) is 0 Å². The van der Waals surface area contributed by atoms with Gasteiger partial charge in [-0.15, -0.1) is 0 Å². The molecule has 4 rings (SSSR count). The number of ketones is 1. The number of benzene rings is 2. The van der Waals surface area contributed by atoms with Gasteiger partial charge in [0.1, 0.15) is 6.04 Å². The van der Waals surface area contributed by atoms with Crippen molar-refractivity contribution in [1.82, 2.24) is 10.3 Å². The molecule has 6 nitrogen and oxygen atoms in total. The molecule has 0 saturated heterocycles. The zero-order valence-corrected chi connectivity index (χ0v) is 23.7. The number of aryl methyl sites for hydroxylation is 1. The molecule has 1 aromatic heterocycles. The van der Waals surface area contributed by atoms with Crippen molar-refractivity contribution in [3.63, 3.8) is 0 Å². The fourth-order valence-electron chi connectivity index (χ4n) is 5.26. The number of pyridine rings is 1. The number of anilines is 1. The Bertz CT molecular complexity index is 1320. The fourth-order valence-corrected chi connectivity index (χ4v) is 5.26. The standard InChI is InChI=1S/C33H39N3O3/c1-22-13-14-24(20-29(22)23(2)37)32(39)36(28-17-15-26(16-18-28)33(3,4)5)30(25-10-9-19-34-21-25)31(38)35-27-11-7-6-8-12-27/h9-10,13-21,27,30H,6-8,11-12H2,1-5H3,(H,35,38). The summed E-state index contributed by atoms with van der Waals surface area (Å²) in [6.45, 7) is 9.75. The van der Waals surface area contributed by atoms with Crippen molar-refractivity contribution in [1.29, 1.82) is 0 Å². The highest BCUT2D eigenvalue weighted by Gasteiger charge is 2.35. The fraction of sp³-hybridized carbons (Fsp3) is 0.394. The highest BCUT2D eigenvalue weighted by molar-refractivity contribution is 6.11. The van der Waals surface area contributed by atoms with E-state index in [1.807, 2.05) is 37.3 Å². The van der Waals surface area contributed by atoms with Gasteiger partial charge < -0.3 is 5.32 Å². The van der Waals surface area contributed by atoms with Crippen LogP contribution in [0.2, 0.25) is 0 Å². The first-order valence-corrected chi connectivity index (χ1v) is 13.8. The van der Waals surface area contributed by atoms with E-state index in [2.05, 4.69) is 31.1 Å². The molecule has 1 fully saturated rings. The molecule has 0 bridgehead atoms. The average Bonchev–Trinajstić information content (AvgIpc) is 2.92. The van der Waals surface area contributed by atoms with E-state index in [0.29, 0.717) is 22.4 Å². The molecule has 2 aromatic carbocycles. The molecule has 0 spiro atoms. The molecule has 1 atom stereocenters. The van der Waals surface area contributed by atoms with Crippen LogP contribution in [0.25, 0.3) is 0 Å². The van der Waals surface area contributed by atoms with Crippen LogP contribution in [0.15, 0.2) is 67.0 Å². The van der Waals surface area contributed by atoms with Gasteiger partial charge in [-0.25, -0.2) is 0 Å². The summed E-state index contributed by atoms with van der Waals surface area (Å²) in [5.41, 5.74) is 3.93. The molecule has 204 valence electrons. The van der Waals surface area contributed by atoms with Gasteiger partial charge in [-0.05, 0) is 73.6 Å². The lowest BCUT2D eigenvalue weighted by Crippen LogP contribution is -2.47. The lowest BCUT2D eigenvalue weighted by molar-refractivity contribution is -0.123. The first-order valence-electron chi connectivity index (χ1n) is 13.8. The van der Waals surface area contributed by atoms with Crippen molar-refractivity contribution >= 4 is 23.3 Å². The number of amides is 2. The third-order valence-corrected chi connectivity index (χ3v) is 7.55. The van der Waals surface area contributed by atoms with Crippen LogP contribution in [0.3, 0.4) is 0 Å². The number of nitrogens with zero attached hydrogens (tertiary/aromatic N) is 2. The quantitative estimate of drug-likeness (QED) is 0.347. The van der Waals surface area contributed by atoms with Gasteiger partial charge in [0, 0.05) is 40.8 Å². The Labute approximate surface area is 231 Å². The summed E-state index contributed by atoms with van der Waals surface area (Å²) >= 11 is 0. The third-order valence-electron chi connectivity index (χ3n) is 7.55. The van der Waals surface area contributed by atoms with E-state index in [-0.39, 0.29) is 29.1 Å². The molecular weight excluding hydrogens is 486 g/mol. The van der Waals surface area contributed by atoms with Gasteiger partial charge >= 0.3 is 0 Å². The van der Waals surface area contributed by atoms with E-state index in [1.54, 1.807) is 41.6 Å². The molecular formula is C33H39N3O3. The lowest BCUT2D eigenvalue weighted by atomic mass is 9.87. The molecule has 1 unspecified atom stereocenters. The number of aromatic nitrogens is 1. The largest absolute Gasteiger partial charge is 0.351 e. The van der Waals surface area contributed by atoms with Gasteiger partial charge in [0.2, 0.25) is 5.91 Å². The summed E-state index contributed by atoms with van der Waals surface area (Å²) in [5.74, 6) is -0.696. The van der Waals surface area contributed by atoms with Gasteiger partial charge in [-0.1, -0.05) is 64.3 Å². The van der Waals surface area contributed by atoms with Crippen molar-refractivity contribution in [2.75, 3.05) is 4.90 Å². The van der Waals surface area contributed by atoms with Crippen molar-refractivity contribution < 1.29 is 14.4 Å². The van der Waals surface area contributed by atoms with Crippen LogP contribution in [0.1, 0.15) is 103 Å². The average molecular weight is 526 g/mol. The monoisotopic (exact) mass is 525 g/mol.